The van der Waals surface area contributed by atoms with E-state index >= 15 is 0 Å². The van der Waals surface area contributed by atoms with Gasteiger partial charge in [0, 0.05) is 32.7 Å². The lowest BCUT2D eigenvalue weighted by molar-refractivity contribution is 0.150. The van der Waals surface area contributed by atoms with Crippen molar-refractivity contribution in [2.24, 2.45) is 22.2 Å². The van der Waals surface area contributed by atoms with Crippen LogP contribution in [0.4, 0.5) is 0 Å². The number of rotatable bonds is 8. The number of nitrogens with zero attached hydrogens (tertiary/aromatic N) is 1. The molecule has 5 nitrogen and oxygen atoms in total. The molecule has 0 fully saturated rings. The number of oxime groups is 1. The van der Waals surface area contributed by atoms with Gasteiger partial charge in [-0.3, -0.25) is 0 Å². The minimum Gasteiger partial charge on any atom is -0.409 e. The minimum absolute atomic E-state index is 0.0447. The molecule has 0 aliphatic carbocycles. The lowest BCUT2D eigenvalue weighted by Crippen LogP contribution is -2.36. The van der Waals surface area contributed by atoms with Crippen LogP contribution in [0.15, 0.2) is 5.16 Å². The highest BCUT2D eigenvalue weighted by Gasteiger charge is 2.17. The summed E-state index contributed by atoms with van der Waals surface area (Å²) < 4.78 is 5.06. The summed E-state index contributed by atoms with van der Waals surface area (Å²) in [6.07, 6.45) is 1.01. The summed E-state index contributed by atoms with van der Waals surface area (Å²) in [6, 6.07) is 0. The first-order chi connectivity index (χ1) is 7.43. The van der Waals surface area contributed by atoms with Crippen molar-refractivity contribution in [1.29, 1.82) is 0 Å². The number of nitrogens with one attached hydrogen (secondary N) is 1. The third kappa shape index (κ3) is 6.63. The molecular weight excluding hydrogens is 206 g/mol. The second kappa shape index (κ2) is 7.46. The van der Waals surface area contributed by atoms with Crippen LogP contribution in [0, 0.1) is 11.3 Å². The van der Waals surface area contributed by atoms with Gasteiger partial charge >= 0.3 is 0 Å². The van der Waals surface area contributed by atoms with E-state index in [0.29, 0.717) is 6.54 Å². The van der Waals surface area contributed by atoms with Crippen molar-refractivity contribution in [3.63, 3.8) is 0 Å². The average Bonchev–Trinajstić information content (AvgIpc) is 2.24. The molecule has 0 saturated carbocycles. The van der Waals surface area contributed by atoms with Crippen LogP contribution in [-0.2, 0) is 4.74 Å². The maximum absolute atomic E-state index is 8.50. The van der Waals surface area contributed by atoms with Crippen LogP contribution in [0.25, 0.3) is 0 Å². The largest absolute Gasteiger partial charge is 0.409 e. The molecule has 96 valence electrons. The van der Waals surface area contributed by atoms with Crippen molar-refractivity contribution in [3.05, 3.63) is 0 Å². The van der Waals surface area contributed by atoms with Crippen LogP contribution in [0.1, 0.15) is 27.2 Å². The molecule has 16 heavy (non-hydrogen) atoms. The molecule has 0 saturated heterocycles. The average molecular weight is 231 g/mol. The van der Waals surface area contributed by atoms with Gasteiger partial charge in [-0.1, -0.05) is 25.9 Å². The Morgan fingerprint density at radius 3 is 2.69 bits per heavy atom. The standard InChI is InChI=1S/C11H25N3O2/c1-9(10(12)14-15)7-13-8-11(2,3)5-6-16-4/h9,13,15H,5-8H2,1-4H3,(H2,12,14). The molecule has 0 amide bonds. The predicted molar refractivity (Wildman–Crippen MR) is 65.7 cm³/mol. The zero-order chi connectivity index (χ0) is 12.6. The van der Waals surface area contributed by atoms with E-state index in [-0.39, 0.29) is 17.2 Å². The van der Waals surface area contributed by atoms with Gasteiger partial charge in [-0.25, -0.2) is 0 Å². The first kappa shape index (κ1) is 15.2. The summed E-state index contributed by atoms with van der Waals surface area (Å²) in [7, 11) is 1.71. The molecule has 1 atom stereocenters. The van der Waals surface area contributed by atoms with Crippen molar-refractivity contribution >= 4 is 5.84 Å². The number of hydrogen-bond donors (Lipinski definition) is 3. The van der Waals surface area contributed by atoms with Crippen molar-refractivity contribution in [2.45, 2.75) is 27.2 Å². The van der Waals surface area contributed by atoms with Gasteiger partial charge in [0.05, 0.1) is 0 Å². The molecular formula is C11H25N3O2. The highest BCUT2D eigenvalue weighted by atomic mass is 16.5. The molecule has 0 aliphatic rings. The van der Waals surface area contributed by atoms with Crippen LogP contribution >= 0.6 is 0 Å². The minimum atomic E-state index is 0.0447. The normalized spacial score (nSPS) is 15.1. The first-order valence-electron chi connectivity index (χ1n) is 5.60. The Morgan fingerprint density at radius 1 is 1.56 bits per heavy atom. The Kier molecular flexibility index (Phi) is 7.08. The van der Waals surface area contributed by atoms with Crippen molar-refractivity contribution in [2.75, 3.05) is 26.8 Å². The summed E-state index contributed by atoms with van der Waals surface area (Å²) in [6.45, 7) is 8.67. The number of nitrogens with two attached hydrogens (primary N) is 1. The van der Waals surface area contributed by atoms with E-state index in [1.807, 2.05) is 6.92 Å². The highest BCUT2D eigenvalue weighted by Crippen LogP contribution is 2.18. The van der Waals surface area contributed by atoms with E-state index < -0.39 is 0 Å². The fourth-order valence-corrected chi connectivity index (χ4v) is 1.30. The first-order valence-corrected chi connectivity index (χ1v) is 5.60. The van der Waals surface area contributed by atoms with Crippen LogP contribution in [0.5, 0.6) is 0 Å². The van der Waals surface area contributed by atoms with E-state index in [9.17, 15) is 0 Å². The maximum atomic E-state index is 8.50. The van der Waals surface area contributed by atoms with E-state index in [1.165, 1.54) is 0 Å². The number of hydrogen-bond acceptors (Lipinski definition) is 4. The lowest BCUT2D eigenvalue weighted by Gasteiger charge is -2.25. The molecule has 4 N–H and O–H groups in total. The Balaban J connectivity index is 3.79. The van der Waals surface area contributed by atoms with Gasteiger partial charge in [-0.05, 0) is 11.8 Å². The molecule has 5 heteroatoms. The van der Waals surface area contributed by atoms with Gasteiger partial charge in [0.25, 0.3) is 0 Å². The SMILES string of the molecule is COCCC(C)(C)CNCC(C)C(N)=NO. The zero-order valence-corrected chi connectivity index (χ0v) is 10.8. The van der Waals surface area contributed by atoms with Gasteiger partial charge in [-0.2, -0.15) is 0 Å². The smallest absolute Gasteiger partial charge is 0.143 e. The fourth-order valence-electron chi connectivity index (χ4n) is 1.30. The second-order valence-electron chi connectivity index (χ2n) is 4.96. The molecule has 0 rings (SSSR count). The molecule has 0 aromatic heterocycles. The van der Waals surface area contributed by atoms with E-state index in [4.69, 9.17) is 15.7 Å². The summed E-state index contributed by atoms with van der Waals surface area (Å²) in [4.78, 5) is 0. The monoisotopic (exact) mass is 231 g/mol. The molecule has 0 aromatic carbocycles. The third-order valence-corrected chi connectivity index (χ3v) is 2.66. The highest BCUT2D eigenvalue weighted by molar-refractivity contribution is 5.82. The van der Waals surface area contributed by atoms with Crippen molar-refractivity contribution < 1.29 is 9.94 Å². The summed E-state index contributed by atoms with van der Waals surface area (Å²) >= 11 is 0. The van der Waals surface area contributed by atoms with Crippen LogP contribution in [0.2, 0.25) is 0 Å². The summed E-state index contributed by atoms with van der Waals surface area (Å²) in [5, 5.41) is 14.8. The van der Waals surface area contributed by atoms with Crippen LogP contribution in [-0.4, -0.2) is 37.8 Å². The number of ether oxygens (including phenoxy) is 1. The molecule has 0 aliphatic heterocycles. The Hall–Kier alpha value is -0.810. The van der Waals surface area contributed by atoms with Crippen molar-refractivity contribution in [1.82, 2.24) is 5.32 Å². The van der Waals surface area contributed by atoms with Crippen molar-refractivity contribution in [3.8, 4) is 0 Å². The topological polar surface area (TPSA) is 79.9 Å². The molecule has 0 spiro atoms. The predicted octanol–water partition coefficient (Wildman–Crippen LogP) is 1.02. The molecule has 0 heterocycles. The van der Waals surface area contributed by atoms with Gasteiger partial charge < -0.3 is 21.0 Å². The van der Waals surface area contributed by atoms with Gasteiger partial charge in [0.1, 0.15) is 5.84 Å². The summed E-state index contributed by atoms with van der Waals surface area (Å²) in [5.41, 5.74) is 5.68. The quantitative estimate of drug-likeness (QED) is 0.252. The van der Waals surface area contributed by atoms with E-state index in [0.717, 1.165) is 19.6 Å². The lowest BCUT2D eigenvalue weighted by atomic mass is 9.89. The molecule has 0 radical (unpaired) electrons. The molecule has 1 unspecified atom stereocenters. The van der Waals surface area contributed by atoms with E-state index in [2.05, 4.69) is 24.3 Å². The molecule has 0 bridgehead atoms. The molecule has 0 aromatic rings. The fraction of sp³-hybridized carbons (Fsp3) is 0.909. The van der Waals surface area contributed by atoms with Gasteiger partial charge in [0.15, 0.2) is 0 Å². The van der Waals surface area contributed by atoms with Gasteiger partial charge in [-0.15, -0.1) is 0 Å². The number of amidine groups is 1. The van der Waals surface area contributed by atoms with E-state index in [1.54, 1.807) is 7.11 Å². The Bertz CT molecular complexity index is 217. The van der Waals surface area contributed by atoms with Gasteiger partial charge in [0.2, 0.25) is 0 Å². The summed E-state index contributed by atoms with van der Waals surface area (Å²) in [5.74, 6) is 0.311. The Morgan fingerprint density at radius 2 is 2.19 bits per heavy atom. The van der Waals surface area contributed by atoms with Crippen LogP contribution in [0.3, 0.4) is 0 Å². The maximum Gasteiger partial charge on any atom is 0.143 e. The second-order valence-corrected chi connectivity index (χ2v) is 4.96. The zero-order valence-electron chi connectivity index (χ0n) is 10.8. The number of methoxy groups -OCH3 is 1. The third-order valence-electron chi connectivity index (χ3n) is 2.66. The Labute approximate surface area is 98.0 Å². The van der Waals surface area contributed by atoms with Crippen LogP contribution < -0.4 is 11.1 Å².